The van der Waals surface area contributed by atoms with E-state index in [4.69, 9.17) is 9.47 Å². The lowest BCUT2D eigenvalue weighted by molar-refractivity contribution is -0.229. The second kappa shape index (κ2) is 10.6. The van der Waals surface area contributed by atoms with Crippen LogP contribution in [0.3, 0.4) is 0 Å². The first-order valence-electron chi connectivity index (χ1n) is 17.6. The summed E-state index contributed by atoms with van der Waals surface area (Å²) in [6.07, 6.45) is -0.504. The number of nitrogens with zero attached hydrogens (tertiary/aromatic N) is 1. The van der Waals surface area contributed by atoms with Crippen LogP contribution in [0.5, 0.6) is 0 Å². The molecular weight excluding hydrogens is 672 g/mol. The third-order valence-electron chi connectivity index (χ3n) is 14.0. The Morgan fingerprint density at radius 1 is 0.863 bits per heavy atom. The van der Waals surface area contributed by atoms with E-state index >= 15 is 0 Å². The van der Waals surface area contributed by atoms with Gasteiger partial charge in [-0.15, -0.1) is 0 Å². The Hall–Kier alpha value is -3.86. The first kappa shape index (κ1) is 33.0. The average molecular weight is 710 g/mol. The predicted molar refractivity (Wildman–Crippen MR) is 174 cm³/mol. The molecule has 2 aromatic carbocycles. The SMILES string of the molecule is C=C1[C@H]2C[C@@H]3C4N5C[C@]6(C)CCC[C@@]47[C@@H]6[C@@H]5C[C@]3([C@@H]1OC(=O)/C=C/c1cccc(C(F)(F)F)c1)[C@H]7[C@H]2OC(=O)/C=C/c1cccc(C(F)(F)F)c1. The number of ether oxygens (including phenoxy) is 2. The molecule has 0 aromatic heterocycles. The van der Waals surface area contributed by atoms with Crippen molar-refractivity contribution in [3.8, 4) is 0 Å². The molecule has 3 saturated heterocycles. The number of esters is 2. The zero-order chi connectivity index (χ0) is 35.9. The number of hydrogen-bond acceptors (Lipinski definition) is 5. The standard InChI is InChI=1S/C40H37F6NO4/c1-21-26-18-27-34-37-15-5-14-36(2)20-47(34)28(32(36)37)19-38(27,35(21)51-30(49)13-11-23-7-4-9-25(17-23)40(44,45)46)33(37)31(26)50-29(48)12-10-22-6-3-8-24(16-22)39(41,42)43/h3-4,6-13,16-17,26-28,31-35H,1,5,14-15,18-20H2,2H3/b12-10+,13-11+/t26-,27-,28+,31+,32-,33+,34?,35-,36+,37+,38-/m1/s1. The lowest BCUT2D eigenvalue weighted by atomic mass is 9.39. The minimum absolute atomic E-state index is 0.105. The van der Waals surface area contributed by atoms with Crippen molar-refractivity contribution in [1.29, 1.82) is 0 Å². The molecule has 11 heteroatoms. The predicted octanol–water partition coefficient (Wildman–Crippen LogP) is 8.36. The Morgan fingerprint density at radius 3 is 2.08 bits per heavy atom. The van der Waals surface area contributed by atoms with Gasteiger partial charge in [-0.3, -0.25) is 4.90 Å². The molecule has 9 bridgehead atoms. The summed E-state index contributed by atoms with van der Waals surface area (Å²) in [4.78, 5) is 29.8. The summed E-state index contributed by atoms with van der Waals surface area (Å²) in [6, 6.07) is 10.1. The molecule has 0 amide bonds. The van der Waals surface area contributed by atoms with Gasteiger partial charge in [0.1, 0.15) is 12.2 Å². The third-order valence-corrected chi connectivity index (χ3v) is 14.0. The van der Waals surface area contributed by atoms with Gasteiger partial charge >= 0.3 is 24.3 Å². The van der Waals surface area contributed by atoms with Crippen molar-refractivity contribution in [2.45, 2.75) is 75.7 Å². The molecule has 2 unspecified atom stereocenters. The minimum Gasteiger partial charge on any atom is -0.458 e. The number of carbonyl (C=O) groups excluding carboxylic acids is 2. The second-order valence-corrected chi connectivity index (χ2v) is 16.2. The molecule has 9 fully saturated rings. The fourth-order valence-electron chi connectivity index (χ4n) is 13.1. The quantitative estimate of drug-likeness (QED) is 0.131. The minimum atomic E-state index is -4.52. The summed E-state index contributed by atoms with van der Waals surface area (Å²) in [5, 5.41) is 0. The van der Waals surface area contributed by atoms with Crippen molar-refractivity contribution < 1.29 is 45.4 Å². The number of benzene rings is 2. The monoisotopic (exact) mass is 709 g/mol. The normalized spacial score (nSPS) is 41.2. The number of piperidine rings is 2. The van der Waals surface area contributed by atoms with Crippen LogP contribution in [0.4, 0.5) is 26.3 Å². The summed E-state index contributed by atoms with van der Waals surface area (Å²) >= 11 is 0. The molecule has 11 rings (SSSR count). The first-order valence-corrected chi connectivity index (χ1v) is 17.6. The summed E-state index contributed by atoms with van der Waals surface area (Å²) < 4.78 is 92.5. The molecule has 3 aliphatic heterocycles. The third kappa shape index (κ3) is 4.45. The highest BCUT2D eigenvalue weighted by molar-refractivity contribution is 5.88. The van der Waals surface area contributed by atoms with Crippen molar-refractivity contribution in [3.05, 3.63) is 95.1 Å². The maximum Gasteiger partial charge on any atom is 0.416 e. The van der Waals surface area contributed by atoms with Crippen LogP contribution in [0, 0.1) is 39.9 Å². The van der Waals surface area contributed by atoms with E-state index in [1.807, 2.05) is 0 Å². The van der Waals surface area contributed by atoms with Gasteiger partial charge in [-0.05, 0) is 101 Å². The number of rotatable bonds is 6. The highest BCUT2D eigenvalue weighted by Crippen LogP contribution is 2.87. The van der Waals surface area contributed by atoms with Gasteiger partial charge in [-0.25, -0.2) is 9.59 Å². The van der Waals surface area contributed by atoms with Gasteiger partial charge in [-0.2, -0.15) is 26.3 Å². The lowest BCUT2D eigenvalue weighted by Gasteiger charge is -2.66. The van der Waals surface area contributed by atoms with Gasteiger partial charge in [0, 0.05) is 48.0 Å². The van der Waals surface area contributed by atoms with Gasteiger partial charge < -0.3 is 9.47 Å². The van der Waals surface area contributed by atoms with Crippen LogP contribution in [0.1, 0.15) is 61.3 Å². The molecule has 0 N–H and O–H groups in total. The highest BCUT2D eigenvalue weighted by Gasteiger charge is 2.90. The molecule has 51 heavy (non-hydrogen) atoms. The van der Waals surface area contributed by atoms with E-state index < -0.39 is 53.0 Å². The number of halogens is 6. The van der Waals surface area contributed by atoms with Crippen molar-refractivity contribution in [2.24, 2.45) is 39.9 Å². The van der Waals surface area contributed by atoms with Gasteiger partial charge in [0.05, 0.1) is 11.1 Å². The topological polar surface area (TPSA) is 55.8 Å². The van der Waals surface area contributed by atoms with Gasteiger partial charge in [0.2, 0.25) is 0 Å². The summed E-state index contributed by atoms with van der Waals surface area (Å²) in [5.41, 5.74) is -1.02. The molecule has 12 atom stereocenters. The van der Waals surface area contributed by atoms with Gasteiger partial charge in [-0.1, -0.05) is 44.2 Å². The van der Waals surface area contributed by atoms with E-state index in [1.54, 1.807) is 0 Å². The fourth-order valence-corrected chi connectivity index (χ4v) is 13.1. The first-order chi connectivity index (χ1) is 24.1. The van der Waals surface area contributed by atoms with E-state index in [2.05, 4.69) is 18.4 Å². The molecule has 6 aliphatic carbocycles. The summed E-state index contributed by atoms with van der Waals surface area (Å²) in [5.74, 6) is -1.09. The van der Waals surface area contributed by atoms with Crippen molar-refractivity contribution in [2.75, 3.05) is 6.54 Å². The van der Waals surface area contributed by atoms with Gasteiger partial charge in [0.15, 0.2) is 0 Å². The average Bonchev–Trinajstić information content (AvgIpc) is 3.50. The van der Waals surface area contributed by atoms with Crippen LogP contribution in [0.2, 0.25) is 0 Å². The maximum absolute atomic E-state index is 13.6. The zero-order valence-corrected chi connectivity index (χ0v) is 27.8. The van der Waals surface area contributed by atoms with E-state index in [9.17, 15) is 35.9 Å². The van der Waals surface area contributed by atoms with Crippen molar-refractivity contribution in [1.82, 2.24) is 4.90 Å². The van der Waals surface area contributed by atoms with E-state index in [0.717, 1.165) is 62.9 Å². The van der Waals surface area contributed by atoms with Crippen molar-refractivity contribution in [3.63, 3.8) is 0 Å². The number of hydrogen-bond donors (Lipinski definition) is 0. The highest BCUT2D eigenvalue weighted by atomic mass is 19.4. The van der Waals surface area contributed by atoms with E-state index in [1.165, 1.54) is 48.6 Å². The van der Waals surface area contributed by atoms with Gasteiger partial charge in [0.25, 0.3) is 0 Å². The summed E-state index contributed by atoms with van der Waals surface area (Å²) in [7, 11) is 0. The molecule has 6 saturated carbocycles. The number of carbonyl (C=O) groups is 2. The van der Waals surface area contributed by atoms with Crippen LogP contribution in [0.15, 0.2) is 72.8 Å². The number of fused-ring (bicyclic) bond motifs is 1. The molecule has 2 spiro atoms. The second-order valence-electron chi connectivity index (χ2n) is 16.2. The fraction of sp³-hybridized carbons (Fsp3) is 0.500. The Labute approximate surface area is 291 Å². The molecule has 0 radical (unpaired) electrons. The Morgan fingerprint density at radius 2 is 1.47 bits per heavy atom. The maximum atomic E-state index is 13.6. The van der Waals surface area contributed by atoms with E-state index in [0.29, 0.717) is 17.5 Å². The Balaban J connectivity index is 1.04. The summed E-state index contributed by atoms with van der Waals surface area (Å²) in [6.45, 7) is 7.84. The Kier molecular flexibility index (Phi) is 6.87. The van der Waals surface area contributed by atoms with Crippen molar-refractivity contribution >= 4 is 24.1 Å². The van der Waals surface area contributed by atoms with E-state index in [-0.39, 0.29) is 45.8 Å². The molecule has 3 heterocycles. The van der Waals surface area contributed by atoms with Crippen LogP contribution in [-0.2, 0) is 31.4 Å². The van der Waals surface area contributed by atoms with Crippen LogP contribution in [-0.4, -0.2) is 47.7 Å². The van der Waals surface area contributed by atoms with Crippen LogP contribution in [0.25, 0.3) is 12.2 Å². The van der Waals surface area contributed by atoms with Crippen LogP contribution >= 0.6 is 0 Å². The zero-order valence-electron chi connectivity index (χ0n) is 27.8. The molecular formula is C40H37F6NO4. The molecule has 268 valence electrons. The Bertz CT molecular complexity index is 1920. The molecule has 2 aromatic rings. The largest absolute Gasteiger partial charge is 0.458 e. The lowest BCUT2D eigenvalue weighted by Crippen LogP contribution is -2.69. The molecule has 5 nitrogen and oxygen atoms in total. The smallest absolute Gasteiger partial charge is 0.416 e. The molecule has 9 aliphatic rings. The van der Waals surface area contributed by atoms with Crippen LogP contribution < -0.4 is 0 Å². The number of alkyl halides is 6.